The van der Waals surface area contributed by atoms with E-state index < -0.39 is 6.03 Å². The molecule has 0 aliphatic carbocycles. The lowest BCUT2D eigenvalue weighted by atomic mass is 10.2. The number of amides is 3. The van der Waals surface area contributed by atoms with Crippen LogP contribution in [0.4, 0.5) is 4.79 Å². The normalized spacial score (nSPS) is 10.6. The lowest BCUT2D eigenvalue weighted by Crippen LogP contribution is -2.39. The average molecular weight is 386 g/mol. The van der Waals surface area contributed by atoms with Crippen molar-refractivity contribution in [1.82, 2.24) is 20.8 Å². The fourth-order valence-corrected chi connectivity index (χ4v) is 2.92. The van der Waals surface area contributed by atoms with E-state index in [0.29, 0.717) is 29.2 Å². The summed E-state index contributed by atoms with van der Waals surface area (Å²) in [6.45, 7) is 2.16. The molecule has 0 fully saturated rings. The molecule has 9 heteroatoms. The second-order valence-electron chi connectivity index (χ2n) is 5.58. The fourth-order valence-electron chi connectivity index (χ4n) is 2.23. The number of urea groups is 1. The van der Waals surface area contributed by atoms with Crippen molar-refractivity contribution in [2.75, 3.05) is 5.75 Å². The number of imide groups is 1. The Bertz CT molecular complexity index is 907. The van der Waals surface area contributed by atoms with Crippen molar-refractivity contribution in [3.63, 3.8) is 0 Å². The van der Waals surface area contributed by atoms with Crippen LogP contribution in [-0.2, 0) is 11.3 Å². The smallest absolute Gasteiger partial charge is 0.321 e. The maximum Gasteiger partial charge on any atom is 0.321 e. The van der Waals surface area contributed by atoms with Gasteiger partial charge in [-0.25, -0.2) is 4.79 Å². The van der Waals surface area contributed by atoms with Gasteiger partial charge in [0.1, 0.15) is 5.76 Å². The number of carbonyl (C=O) groups is 2. The summed E-state index contributed by atoms with van der Waals surface area (Å²) < 4.78 is 10.7. The molecule has 0 aliphatic rings. The third-order valence-electron chi connectivity index (χ3n) is 3.60. The number of hydrogen-bond donors (Lipinski definition) is 2. The molecule has 2 heterocycles. The molecule has 3 rings (SSSR count). The number of thioether (sulfide) groups is 1. The van der Waals surface area contributed by atoms with E-state index >= 15 is 0 Å². The minimum absolute atomic E-state index is 0.145. The Morgan fingerprint density at radius 1 is 1.15 bits per heavy atom. The number of aryl methyl sites for hydroxylation is 1. The van der Waals surface area contributed by atoms with Gasteiger partial charge >= 0.3 is 6.03 Å². The quantitative estimate of drug-likeness (QED) is 0.600. The lowest BCUT2D eigenvalue weighted by Gasteiger charge is -2.06. The summed E-state index contributed by atoms with van der Waals surface area (Å²) in [6, 6.07) is 10.7. The molecule has 3 aromatic rings. The van der Waals surface area contributed by atoms with Gasteiger partial charge in [-0.1, -0.05) is 42.1 Å². The summed E-state index contributed by atoms with van der Waals surface area (Å²) in [4.78, 5) is 23.6. The van der Waals surface area contributed by atoms with Crippen LogP contribution in [0.5, 0.6) is 0 Å². The molecule has 0 bridgehead atoms. The largest absolute Gasteiger partial charge is 0.469 e. The van der Waals surface area contributed by atoms with Gasteiger partial charge in [0, 0.05) is 18.7 Å². The fraction of sp³-hybridized carbons (Fsp3) is 0.222. The highest BCUT2D eigenvalue weighted by Crippen LogP contribution is 2.26. The van der Waals surface area contributed by atoms with Gasteiger partial charge in [0.05, 0.1) is 11.8 Å². The minimum Gasteiger partial charge on any atom is -0.469 e. The van der Waals surface area contributed by atoms with Crippen LogP contribution in [0.1, 0.15) is 17.7 Å². The molecule has 0 unspecified atom stereocenters. The first-order valence-corrected chi connectivity index (χ1v) is 9.23. The van der Waals surface area contributed by atoms with Gasteiger partial charge in [0.2, 0.25) is 5.91 Å². The number of nitrogens with one attached hydrogen (secondary N) is 2. The molecular weight excluding hydrogens is 368 g/mol. The molecule has 27 heavy (non-hydrogen) atoms. The van der Waals surface area contributed by atoms with Crippen LogP contribution in [0.2, 0.25) is 0 Å². The van der Waals surface area contributed by atoms with E-state index in [1.54, 1.807) is 19.3 Å². The predicted molar refractivity (Wildman–Crippen MR) is 98.9 cm³/mol. The van der Waals surface area contributed by atoms with Gasteiger partial charge in [-0.05, 0) is 18.6 Å². The zero-order chi connectivity index (χ0) is 19.1. The van der Waals surface area contributed by atoms with Gasteiger partial charge in [0.25, 0.3) is 11.1 Å². The first-order valence-electron chi connectivity index (χ1n) is 8.24. The molecule has 0 saturated carbocycles. The Hall–Kier alpha value is -3.07. The summed E-state index contributed by atoms with van der Waals surface area (Å²) >= 11 is 1.25. The second-order valence-corrected chi connectivity index (χ2v) is 6.62. The Kier molecular flexibility index (Phi) is 6.26. The zero-order valence-corrected chi connectivity index (χ0v) is 15.4. The van der Waals surface area contributed by atoms with Crippen LogP contribution in [0.25, 0.3) is 11.5 Å². The van der Waals surface area contributed by atoms with Crippen molar-refractivity contribution in [3.8, 4) is 11.5 Å². The maximum absolute atomic E-state index is 11.8. The molecular formula is C18H18N4O4S. The second kappa shape index (κ2) is 9.04. The van der Waals surface area contributed by atoms with Crippen LogP contribution in [0, 0.1) is 6.92 Å². The first-order chi connectivity index (χ1) is 13.1. The van der Waals surface area contributed by atoms with E-state index in [1.165, 1.54) is 11.8 Å². The highest BCUT2D eigenvalue weighted by Gasteiger charge is 2.14. The van der Waals surface area contributed by atoms with Crippen LogP contribution < -0.4 is 10.6 Å². The Labute approximate surface area is 159 Å². The summed E-state index contributed by atoms with van der Waals surface area (Å²) in [5.41, 5.74) is 1.69. The molecule has 2 aromatic heterocycles. The van der Waals surface area contributed by atoms with E-state index in [-0.39, 0.29) is 12.3 Å². The number of rotatable bonds is 7. The SMILES string of the molecule is Cc1occc1-c1nnc(SCCC(=O)NC(=O)NCc2ccccc2)o1. The number of hydrogen-bond acceptors (Lipinski definition) is 7. The van der Waals surface area contributed by atoms with E-state index in [9.17, 15) is 9.59 Å². The third-order valence-corrected chi connectivity index (χ3v) is 4.42. The van der Waals surface area contributed by atoms with Gasteiger partial charge in [-0.3, -0.25) is 10.1 Å². The molecule has 0 saturated heterocycles. The molecule has 8 nitrogen and oxygen atoms in total. The Morgan fingerprint density at radius 2 is 1.96 bits per heavy atom. The van der Waals surface area contributed by atoms with E-state index in [1.807, 2.05) is 30.3 Å². The van der Waals surface area contributed by atoms with E-state index in [0.717, 1.165) is 11.1 Å². The molecule has 1 aromatic carbocycles. The summed E-state index contributed by atoms with van der Waals surface area (Å²) in [5, 5.41) is 13.2. The Balaban J connectivity index is 1.37. The molecule has 3 amide bonds. The highest BCUT2D eigenvalue weighted by molar-refractivity contribution is 7.99. The molecule has 0 aliphatic heterocycles. The average Bonchev–Trinajstić information content (AvgIpc) is 3.29. The van der Waals surface area contributed by atoms with Crippen molar-refractivity contribution < 1.29 is 18.4 Å². The summed E-state index contributed by atoms with van der Waals surface area (Å²) in [7, 11) is 0. The molecule has 0 atom stereocenters. The number of benzene rings is 1. The number of nitrogens with zero attached hydrogens (tertiary/aromatic N) is 2. The topological polar surface area (TPSA) is 110 Å². The predicted octanol–water partition coefficient (Wildman–Crippen LogP) is 3.15. The van der Waals surface area contributed by atoms with Crippen molar-refractivity contribution in [3.05, 3.63) is 54.0 Å². The van der Waals surface area contributed by atoms with Crippen molar-refractivity contribution in [2.24, 2.45) is 0 Å². The monoisotopic (exact) mass is 386 g/mol. The minimum atomic E-state index is -0.524. The zero-order valence-electron chi connectivity index (χ0n) is 14.6. The number of carbonyl (C=O) groups excluding carboxylic acids is 2. The van der Waals surface area contributed by atoms with Crippen LogP contribution >= 0.6 is 11.8 Å². The molecule has 2 N–H and O–H groups in total. The molecule has 0 spiro atoms. The van der Waals surface area contributed by atoms with Crippen LogP contribution in [0.3, 0.4) is 0 Å². The van der Waals surface area contributed by atoms with Crippen LogP contribution in [-0.4, -0.2) is 27.9 Å². The highest BCUT2D eigenvalue weighted by atomic mass is 32.2. The van der Waals surface area contributed by atoms with Gasteiger partial charge in [0.15, 0.2) is 0 Å². The summed E-state index contributed by atoms with van der Waals surface area (Å²) in [6.07, 6.45) is 1.70. The molecule has 0 radical (unpaired) electrons. The van der Waals surface area contributed by atoms with Crippen molar-refractivity contribution >= 4 is 23.7 Å². The van der Waals surface area contributed by atoms with Gasteiger partial charge in [-0.15, -0.1) is 10.2 Å². The number of aromatic nitrogens is 2. The van der Waals surface area contributed by atoms with Crippen molar-refractivity contribution in [1.29, 1.82) is 0 Å². The van der Waals surface area contributed by atoms with Crippen LogP contribution in [0.15, 0.2) is 56.7 Å². The van der Waals surface area contributed by atoms with E-state index in [4.69, 9.17) is 8.83 Å². The van der Waals surface area contributed by atoms with E-state index in [2.05, 4.69) is 20.8 Å². The van der Waals surface area contributed by atoms with Gasteiger partial charge < -0.3 is 14.2 Å². The number of furan rings is 1. The first kappa shape index (κ1) is 18.7. The van der Waals surface area contributed by atoms with Crippen molar-refractivity contribution in [2.45, 2.75) is 25.1 Å². The molecule has 140 valence electrons. The lowest BCUT2D eigenvalue weighted by molar-refractivity contribution is -0.119. The maximum atomic E-state index is 11.8. The standard InChI is InChI=1S/C18H18N4O4S/c1-12-14(7-9-25-12)16-21-22-18(26-16)27-10-8-15(23)20-17(24)19-11-13-5-3-2-4-6-13/h2-7,9H,8,10-11H2,1H3,(H2,19,20,23,24). The summed E-state index contributed by atoms with van der Waals surface area (Å²) in [5.74, 6) is 1.09. The Morgan fingerprint density at radius 3 is 2.70 bits per heavy atom. The third kappa shape index (κ3) is 5.45. The van der Waals surface area contributed by atoms with Gasteiger partial charge in [-0.2, -0.15) is 0 Å².